The molecule has 0 atom stereocenters. The number of rotatable bonds is 4. The van der Waals surface area contributed by atoms with Gasteiger partial charge in [-0.1, -0.05) is 42.5 Å². The summed E-state index contributed by atoms with van der Waals surface area (Å²) < 4.78 is 17.4. The van der Waals surface area contributed by atoms with E-state index in [2.05, 4.69) is 40.9 Å². The number of carbonyl (C=O) groups is 1. The highest BCUT2D eigenvalue weighted by Crippen LogP contribution is 2.23. The molecule has 0 saturated heterocycles. The summed E-state index contributed by atoms with van der Waals surface area (Å²) in [7, 11) is 0. The molecule has 0 bridgehead atoms. The van der Waals surface area contributed by atoms with Crippen LogP contribution in [0.15, 0.2) is 91.3 Å². The minimum atomic E-state index is -0.396. The van der Waals surface area contributed by atoms with Crippen LogP contribution < -0.4 is 5.32 Å². The molecule has 0 fully saturated rings. The fourth-order valence-electron chi connectivity index (χ4n) is 3.51. The zero-order valence-corrected chi connectivity index (χ0v) is 16.8. The number of amides is 1. The van der Waals surface area contributed by atoms with Crippen molar-refractivity contribution in [2.45, 2.75) is 6.92 Å². The Labute approximate surface area is 178 Å². The lowest BCUT2D eigenvalue weighted by molar-refractivity contribution is 0.102. The standard InChI is InChI=1S/C25H19FN4O/c1-17-7-9-20(15-22(17)26)27-25(31)23-13-14-30(28-23)24-12-11-21-10-8-19(16-29(21)24)18-5-3-2-4-6-18/h2-16H,1H3,(H,27,31). The monoisotopic (exact) mass is 410 g/mol. The summed E-state index contributed by atoms with van der Waals surface area (Å²) in [5, 5.41) is 7.12. The number of hydrogen-bond acceptors (Lipinski definition) is 2. The van der Waals surface area contributed by atoms with Gasteiger partial charge in [0.05, 0.1) is 0 Å². The van der Waals surface area contributed by atoms with Crippen LogP contribution in [-0.2, 0) is 0 Å². The fraction of sp³-hybridized carbons (Fsp3) is 0.0400. The molecule has 152 valence electrons. The molecule has 0 radical (unpaired) electrons. The third kappa shape index (κ3) is 3.59. The number of anilines is 1. The Kier molecular flexibility index (Phi) is 4.59. The van der Waals surface area contributed by atoms with Crippen molar-refractivity contribution >= 4 is 17.1 Å². The Morgan fingerprint density at radius 3 is 2.55 bits per heavy atom. The highest BCUT2D eigenvalue weighted by atomic mass is 19.1. The van der Waals surface area contributed by atoms with Crippen LogP contribution in [0.4, 0.5) is 10.1 Å². The number of aromatic nitrogens is 3. The predicted octanol–water partition coefficient (Wildman–Crippen LogP) is 5.49. The van der Waals surface area contributed by atoms with Gasteiger partial charge in [0.25, 0.3) is 5.91 Å². The van der Waals surface area contributed by atoms with Crippen molar-refractivity contribution in [3.05, 3.63) is 108 Å². The normalized spacial score (nSPS) is 11.0. The minimum absolute atomic E-state index is 0.246. The number of nitrogens with one attached hydrogen (secondary N) is 1. The SMILES string of the molecule is Cc1ccc(NC(=O)c2ccn(-c3ccc4ccc(-c5ccccc5)cn34)n2)cc1F. The molecular weight excluding hydrogens is 391 g/mol. The molecule has 2 aromatic carbocycles. The van der Waals surface area contributed by atoms with Gasteiger partial charge in [0, 0.05) is 23.6 Å². The number of carbonyl (C=O) groups excluding carboxylic acids is 1. The average Bonchev–Trinajstić information content (AvgIpc) is 3.43. The lowest BCUT2D eigenvalue weighted by Crippen LogP contribution is -2.13. The average molecular weight is 410 g/mol. The van der Waals surface area contributed by atoms with E-state index in [9.17, 15) is 9.18 Å². The molecule has 0 unspecified atom stereocenters. The van der Waals surface area contributed by atoms with Crippen molar-refractivity contribution in [1.82, 2.24) is 14.2 Å². The van der Waals surface area contributed by atoms with Crippen molar-refractivity contribution in [3.8, 4) is 16.9 Å². The van der Waals surface area contributed by atoms with E-state index in [0.717, 1.165) is 22.5 Å². The third-order valence-electron chi connectivity index (χ3n) is 5.22. The van der Waals surface area contributed by atoms with E-state index >= 15 is 0 Å². The molecule has 1 N–H and O–H groups in total. The Morgan fingerprint density at radius 1 is 0.935 bits per heavy atom. The van der Waals surface area contributed by atoms with Crippen LogP contribution >= 0.6 is 0 Å². The van der Waals surface area contributed by atoms with E-state index in [4.69, 9.17) is 0 Å². The van der Waals surface area contributed by atoms with Crippen molar-refractivity contribution in [2.24, 2.45) is 0 Å². The van der Waals surface area contributed by atoms with Crippen LogP contribution in [0, 0.1) is 12.7 Å². The Morgan fingerprint density at radius 2 is 1.74 bits per heavy atom. The maximum absolute atomic E-state index is 13.8. The van der Waals surface area contributed by atoms with Gasteiger partial charge in [-0.25, -0.2) is 9.07 Å². The van der Waals surface area contributed by atoms with Gasteiger partial charge >= 0.3 is 0 Å². The van der Waals surface area contributed by atoms with Gasteiger partial charge in [0.1, 0.15) is 11.6 Å². The van der Waals surface area contributed by atoms with Crippen molar-refractivity contribution in [1.29, 1.82) is 0 Å². The van der Waals surface area contributed by atoms with E-state index in [1.807, 2.05) is 34.7 Å². The van der Waals surface area contributed by atoms with Crippen LogP contribution in [0.3, 0.4) is 0 Å². The first-order chi connectivity index (χ1) is 15.1. The molecule has 31 heavy (non-hydrogen) atoms. The number of pyridine rings is 1. The summed E-state index contributed by atoms with van der Waals surface area (Å²) in [6.45, 7) is 1.67. The van der Waals surface area contributed by atoms with E-state index in [0.29, 0.717) is 11.3 Å². The molecule has 6 heteroatoms. The van der Waals surface area contributed by atoms with Gasteiger partial charge in [-0.3, -0.25) is 4.79 Å². The molecule has 0 spiro atoms. The highest BCUT2D eigenvalue weighted by molar-refractivity contribution is 6.02. The zero-order chi connectivity index (χ0) is 21.4. The lowest BCUT2D eigenvalue weighted by atomic mass is 10.1. The minimum Gasteiger partial charge on any atom is -0.320 e. The molecule has 0 saturated carbocycles. The fourth-order valence-corrected chi connectivity index (χ4v) is 3.51. The molecule has 0 aliphatic heterocycles. The summed E-state index contributed by atoms with van der Waals surface area (Å²) in [5.41, 5.74) is 4.38. The zero-order valence-electron chi connectivity index (χ0n) is 16.8. The molecule has 5 nitrogen and oxygen atoms in total. The summed E-state index contributed by atoms with van der Waals surface area (Å²) in [6.07, 6.45) is 3.79. The molecule has 3 heterocycles. The summed E-state index contributed by atoms with van der Waals surface area (Å²) >= 11 is 0. The number of fused-ring (bicyclic) bond motifs is 1. The number of hydrogen-bond donors (Lipinski definition) is 1. The second kappa shape index (κ2) is 7.57. The Balaban J connectivity index is 1.45. The smallest absolute Gasteiger partial charge is 0.276 e. The Bertz CT molecular complexity index is 1400. The first-order valence-electron chi connectivity index (χ1n) is 9.88. The van der Waals surface area contributed by atoms with E-state index in [1.54, 1.807) is 36.0 Å². The van der Waals surface area contributed by atoms with Crippen LogP contribution in [-0.4, -0.2) is 20.1 Å². The van der Waals surface area contributed by atoms with Gasteiger partial charge in [0.2, 0.25) is 0 Å². The number of aryl methyl sites for hydroxylation is 1. The summed E-state index contributed by atoms with van der Waals surface area (Å²) in [5.74, 6) is 0.0539. The van der Waals surface area contributed by atoms with Crippen LogP contribution in [0.25, 0.3) is 22.5 Å². The Hall–Kier alpha value is -4.19. The largest absolute Gasteiger partial charge is 0.320 e. The summed E-state index contributed by atoms with van der Waals surface area (Å²) in [6, 6.07) is 24.5. The van der Waals surface area contributed by atoms with E-state index in [-0.39, 0.29) is 11.5 Å². The summed E-state index contributed by atoms with van der Waals surface area (Å²) in [4.78, 5) is 12.6. The molecule has 0 aliphatic rings. The van der Waals surface area contributed by atoms with Crippen LogP contribution in [0.2, 0.25) is 0 Å². The highest BCUT2D eigenvalue weighted by Gasteiger charge is 2.13. The van der Waals surface area contributed by atoms with Gasteiger partial charge in [-0.05, 0) is 60.0 Å². The molecule has 1 amide bonds. The third-order valence-corrected chi connectivity index (χ3v) is 5.22. The maximum Gasteiger partial charge on any atom is 0.276 e. The van der Waals surface area contributed by atoms with Crippen LogP contribution in [0.5, 0.6) is 0 Å². The molecule has 3 aromatic heterocycles. The lowest BCUT2D eigenvalue weighted by Gasteiger charge is -2.07. The van der Waals surface area contributed by atoms with Crippen molar-refractivity contribution < 1.29 is 9.18 Å². The van der Waals surface area contributed by atoms with Gasteiger partial charge in [-0.15, -0.1) is 0 Å². The van der Waals surface area contributed by atoms with Gasteiger partial charge < -0.3 is 9.72 Å². The van der Waals surface area contributed by atoms with Crippen molar-refractivity contribution in [2.75, 3.05) is 5.32 Å². The number of benzene rings is 2. The van der Waals surface area contributed by atoms with E-state index in [1.165, 1.54) is 6.07 Å². The van der Waals surface area contributed by atoms with Crippen molar-refractivity contribution in [3.63, 3.8) is 0 Å². The molecular formula is C25H19FN4O. The predicted molar refractivity (Wildman–Crippen MR) is 119 cm³/mol. The van der Waals surface area contributed by atoms with E-state index < -0.39 is 5.91 Å². The first kappa shape index (κ1) is 18.8. The van der Waals surface area contributed by atoms with Gasteiger partial charge in [0.15, 0.2) is 5.69 Å². The molecule has 5 aromatic rings. The second-order valence-corrected chi connectivity index (χ2v) is 7.33. The quantitative estimate of drug-likeness (QED) is 0.426. The van der Waals surface area contributed by atoms with Gasteiger partial charge in [-0.2, -0.15) is 5.10 Å². The second-order valence-electron chi connectivity index (χ2n) is 7.33. The number of nitrogens with zero attached hydrogens (tertiary/aromatic N) is 3. The topological polar surface area (TPSA) is 51.3 Å². The molecule has 0 aliphatic carbocycles. The number of halogens is 1. The van der Waals surface area contributed by atoms with Crippen LogP contribution in [0.1, 0.15) is 16.1 Å². The molecule has 5 rings (SSSR count). The maximum atomic E-state index is 13.8. The first-order valence-corrected chi connectivity index (χ1v) is 9.88.